The van der Waals surface area contributed by atoms with Crippen LogP contribution in [0.2, 0.25) is 10.0 Å². The summed E-state index contributed by atoms with van der Waals surface area (Å²) in [5.41, 5.74) is 15.0. The first-order chi connectivity index (χ1) is 18.8. The number of nitrogens with two attached hydrogens (primary N) is 1. The van der Waals surface area contributed by atoms with Gasteiger partial charge in [-0.05, 0) is 72.7 Å². The summed E-state index contributed by atoms with van der Waals surface area (Å²) >= 11 is 14.4. The first-order valence-electron chi connectivity index (χ1n) is 12.9. The van der Waals surface area contributed by atoms with Crippen LogP contribution < -0.4 is 10.6 Å². The number of allylic oxidation sites excluding steroid dienone is 3. The van der Waals surface area contributed by atoms with Crippen LogP contribution in [0.15, 0.2) is 83.3 Å². The third kappa shape index (κ3) is 5.34. The topological polar surface area (TPSA) is 70.1 Å². The maximum atomic E-state index is 13.6. The van der Waals surface area contributed by atoms with E-state index in [4.69, 9.17) is 28.9 Å². The number of hydrogen-bond donors (Lipinski definition) is 1. The van der Waals surface area contributed by atoms with Crippen LogP contribution in [0.3, 0.4) is 0 Å². The monoisotopic (exact) mass is 573 g/mol. The van der Waals surface area contributed by atoms with Crippen LogP contribution in [0.4, 0.5) is 5.69 Å². The number of carbonyl (C=O) groups excluding carboxylic acids is 1. The number of ketones is 1. The molecule has 0 amide bonds. The predicted molar refractivity (Wildman–Crippen MR) is 162 cm³/mol. The van der Waals surface area contributed by atoms with Gasteiger partial charge in [0.25, 0.3) is 0 Å². The lowest BCUT2D eigenvalue weighted by Gasteiger charge is -2.40. The van der Waals surface area contributed by atoms with Gasteiger partial charge in [0.1, 0.15) is 5.82 Å². The van der Waals surface area contributed by atoms with Crippen LogP contribution in [-0.4, -0.2) is 5.78 Å². The third-order valence-electron chi connectivity index (χ3n) is 7.48. The molecule has 0 bridgehead atoms. The van der Waals surface area contributed by atoms with Gasteiger partial charge in [-0.15, -0.1) is 0 Å². The zero-order chi connectivity index (χ0) is 27.7. The Morgan fingerprint density at radius 3 is 2.49 bits per heavy atom. The molecule has 1 atom stereocenters. The van der Waals surface area contributed by atoms with E-state index in [9.17, 15) is 10.1 Å². The maximum Gasteiger partial charge on any atom is 0.161 e. The molecule has 0 fully saturated rings. The van der Waals surface area contributed by atoms with Gasteiger partial charge in [0.2, 0.25) is 0 Å². The van der Waals surface area contributed by atoms with Crippen molar-refractivity contribution >= 4 is 46.4 Å². The molecular weight excluding hydrogens is 545 g/mol. The highest BCUT2D eigenvalue weighted by Gasteiger charge is 2.41. The molecule has 198 valence electrons. The van der Waals surface area contributed by atoms with E-state index < -0.39 is 5.92 Å². The van der Waals surface area contributed by atoms with E-state index in [-0.39, 0.29) is 5.78 Å². The summed E-state index contributed by atoms with van der Waals surface area (Å²) in [6.07, 6.45) is 1.86. The first-order valence-corrected chi connectivity index (χ1v) is 14.8. The van der Waals surface area contributed by atoms with Gasteiger partial charge in [-0.1, -0.05) is 65.7 Å². The summed E-state index contributed by atoms with van der Waals surface area (Å²) in [6.45, 7) is 4.17. The van der Waals surface area contributed by atoms with Gasteiger partial charge in [-0.2, -0.15) is 17.0 Å². The van der Waals surface area contributed by atoms with E-state index in [0.29, 0.717) is 45.5 Å². The molecule has 0 saturated heterocycles. The fourth-order valence-electron chi connectivity index (χ4n) is 5.55. The Bertz CT molecular complexity index is 1560. The lowest BCUT2D eigenvalue weighted by molar-refractivity contribution is -0.116. The average molecular weight is 575 g/mol. The average Bonchev–Trinajstić information content (AvgIpc) is 2.92. The molecule has 2 aliphatic rings. The third-order valence-corrected chi connectivity index (χ3v) is 9.27. The highest BCUT2D eigenvalue weighted by Crippen LogP contribution is 2.48. The molecule has 2 N–H and O–H groups in total. The Hall–Kier alpha value is -3.17. The molecule has 1 aliphatic carbocycles. The number of anilines is 1. The number of halogens is 2. The number of hydrogen-bond acceptors (Lipinski definition) is 5. The summed E-state index contributed by atoms with van der Waals surface area (Å²) in [6, 6.07) is 22.4. The van der Waals surface area contributed by atoms with Crippen molar-refractivity contribution in [1.29, 1.82) is 5.26 Å². The molecule has 5 rings (SSSR count). The van der Waals surface area contributed by atoms with E-state index in [1.54, 1.807) is 12.1 Å². The summed E-state index contributed by atoms with van der Waals surface area (Å²) in [5, 5.41) is 11.2. The summed E-state index contributed by atoms with van der Waals surface area (Å²) in [5.74, 6) is 1.63. The number of aryl methyl sites for hydroxylation is 2. The van der Waals surface area contributed by atoms with Crippen molar-refractivity contribution in [3.05, 3.63) is 121 Å². The largest absolute Gasteiger partial charge is 0.384 e. The Morgan fingerprint density at radius 2 is 1.77 bits per heavy atom. The van der Waals surface area contributed by atoms with Crippen LogP contribution in [0.25, 0.3) is 0 Å². The first kappa shape index (κ1) is 27.4. The zero-order valence-electron chi connectivity index (χ0n) is 21.9. The van der Waals surface area contributed by atoms with E-state index >= 15 is 0 Å². The summed E-state index contributed by atoms with van der Waals surface area (Å²) < 4.78 is 0. The van der Waals surface area contributed by atoms with Crippen LogP contribution in [0.5, 0.6) is 0 Å². The van der Waals surface area contributed by atoms with Crippen LogP contribution >= 0.6 is 35.0 Å². The Balaban J connectivity index is 1.59. The highest BCUT2D eigenvalue weighted by molar-refractivity contribution is 7.97. The smallest absolute Gasteiger partial charge is 0.161 e. The molecule has 0 saturated carbocycles. The quantitative estimate of drug-likeness (QED) is 0.320. The minimum atomic E-state index is -0.504. The molecule has 0 spiro atoms. The molecule has 3 aromatic carbocycles. The summed E-state index contributed by atoms with van der Waals surface area (Å²) in [4.78, 5) is 15.4. The molecule has 39 heavy (non-hydrogen) atoms. The van der Waals surface area contributed by atoms with E-state index in [0.717, 1.165) is 34.8 Å². The fraction of sp³-hybridized carbons (Fsp3) is 0.250. The number of Topliss-reactive ketones (excluding diaryl/α,β-unsaturated/α-hetero) is 1. The molecule has 1 heterocycles. The number of carbonyl (C=O) groups is 1. The normalized spacial score (nSPS) is 17.4. The minimum Gasteiger partial charge on any atom is -0.384 e. The van der Waals surface area contributed by atoms with Crippen LogP contribution in [0, 0.1) is 25.2 Å². The molecule has 7 heteroatoms. The van der Waals surface area contributed by atoms with Crippen molar-refractivity contribution in [2.45, 2.75) is 50.5 Å². The predicted octanol–water partition coefficient (Wildman–Crippen LogP) is 8.35. The lowest BCUT2D eigenvalue weighted by Crippen LogP contribution is -2.39. The standard InChI is InChI=1S/C32H29Cl2N3OS/c1-19-13-20(2)24(14-22(19)18-39-17-21-7-4-3-5-8-21)30-25(16-35)32(36)37(23-11-12-26(33)27(34)15-23)28-9-6-10-29(38)31(28)30/h3-5,7-8,11-15,30H,6,9-10,17-18,36H2,1-2H3. The minimum absolute atomic E-state index is 0.0616. The molecule has 4 nitrogen and oxygen atoms in total. The second-order valence-corrected chi connectivity index (χ2v) is 11.8. The Kier molecular flexibility index (Phi) is 8.09. The number of nitrogens with zero attached hydrogens (tertiary/aromatic N) is 2. The van der Waals surface area contributed by atoms with Crippen molar-refractivity contribution in [3.8, 4) is 6.07 Å². The second-order valence-electron chi connectivity index (χ2n) is 10.0. The number of nitriles is 1. The number of rotatable bonds is 6. The van der Waals surface area contributed by atoms with Gasteiger partial charge in [0.05, 0.1) is 27.6 Å². The second kappa shape index (κ2) is 11.5. The van der Waals surface area contributed by atoms with Crippen molar-refractivity contribution in [2.24, 2.45) is 5.73 Å². The van der Waals surface area contributed by atoms with Crippen molar-refractivity contribution in [3.63, 3.8) is 0 Å². The number of benzene rings is 3. The molecule has 3 aromatic rings. The van der Waals surface area contributed by atoms with Crippen molar-refractivity contribution in [2.75, 3.05) is 4.90 Å². The molecular formula is C32H29Cl2N3OS. The van der Waals surface area contributed by atoms with E-state index in [2.05, 4.69) is 49.4 Å². The van der Waals surface area contributed by atoms with Crippen LogP contribution in [0.1, 0.15) is 53.0 Å². The molecule has 1 aliphatic heterocycles. The van der Waals surface area contributed by atoms with Gasteiger partial charge in [0.15, 0.2) is 5.78 Å². The van der Waals surface area contributed by atoms with Gasteiger partial charge >= 0.3 is 0 Å². The zero-order valence-corrected chi connectivity index (χ0v) is 24.3. The molecule has 1 unspecified atom stereocenters. The van der Waals surface area contributed by atoms with Gasteiger partial charge < -0.3 is 5.73 Å². The van der Waals surface area contributed by atoms with E-state index in [1.807, 2.05) is 35.7 Å². The van der Waals surface area contributed by atoms with Crippen molar-refractivity contribution < 1.29 is 4.79 Å². The Morgan fingerprint density at radius 1 is 1.00 bits per heavy atom. The maximum absolute atomic E-state index is 13.6. The molecule has 0 radical (unpaired) electrons. The SMILES string of the molecule is Cc1cc(C)c(C2C(C#N)=C(N)N(c3ccc(Cl)c(Cl)c3)C3=C2C(=O)CCC3)cc1CSCc1ccccc1. The highest BCUT2D eigenvalue weighted by atomic mass is 35.5. The summed E-state index contributed by atoms with van der Waals surface area (Å²) in [7, 11) is 0. The molecule has 0 aromatic heterocycles. The van der Waals surface area contributed by atoms with E-state index in [1.165, 1.54) is 16.7 Å². The van der Waals surface area contributed by atoms with Crippen molar-refractivity contribution in [1.82, 2.24) is 0 Å². The Labute approximate surface area is 244 Å². The lowest BCUT2D eigenvalue weighted by atomic mass is 9.74. The van der Waals surface area contributed by atoms with Crippen LogP contribution in [-0.2, 0) is 16.3 Å². The van der Waals surface area contributed by atoms with Gasteiger partial charge in [-0.25, -0.2) is 0 Å². The number of thioether (sulfide) groups is 1. The fourth-order valence-corrected chi connectivity index (χ4v) is 6.91. The van der Waals surface area contributed by atoms with Gasteiger partial charge in [0, 0.05) is 34.9 Å². The van der Waals surface area contributed by atoms with Gasteiger partial charge in [-0.3, -0.25) is 9.69 Å².